The molecule has 58 valence electrons. The lowest BCUT2D eigenvalue weighted by molar-refractivity contribution is -0.142. The molecular weight excluding hydrogens is 134 g/mol. The molecule has 0 aliphatic carbocycles. The van der Waals surface area contributed by atoms with Crippen LogP contribution >= 0.6 is 0 Å². The third kappa shape index (κ3) is 1.97. The van der Waals surface area contributed by atoms with E-state index in [1.54, 1.807) is 0 Å². The van der Waals surface area contributed by atoms with Crippen molar-refractivity contribution in [3.05, 3.63) is 0 Å². The van der Waals surface area contributed by atoms with E-state index in [4.69, 9.17) is 9.94 Å². The van der Waals surface area contributed by atoms with Crippen LogP contribution in [0.15, 0.2) is 0 Å². The lowest BCUT2D eigenvalue weighted by atomic mass is 10.0. The van der Waals surface area contributed by atoms with Crippen LogP contribution in [0.3, 0.4) is 0 Å². The fourth-order valence-corrected chi connectivity index (χ4v) is 0.970. The molecule has 10 heavy (non-hydrogen) atoms. The van der Waals surface area contributed by atoms with Gasteiger partial charge in [0.25, 0.3) is 0 Å². The van der Waals surface area contributed by atoms with Crippen LogP contribution < -0.4 is 5.48 Å². The molecule has 1 aliphatic rings. The van der Waals surface area contributed by atoms with Gasteiger partial charge >= 0.3 is 5.97 Å². The molecule has 0 aromatic heterocycles. The molecule has 1 unspecified atom stereocenters. The monoisotopic (exact) mass is 145 g/mol. The zero-order chi connectivity index (χ0) is 7.40. The van der Waals surface area contributed by atoms with Gasteiger partial charge in [0, 0.05) is 6.54 Å². The summed E-state index contributed by atoms with van der Waals surface area (Å²) in [6.45, 7) is 1.13. The standard InChI is InChI=1S/C6H11NO3/c8-6(9)5-1-3-7-10-4-2-5/h5,7H,1-4H2,(H,8,9). The minimum Gasteiger partial charge on any atom is -0.481 e. The number of carboxylic acids is 1. The summed E-state index contributed by atoms with van der Waals surface area (Å²) in [5.74, 6) is -0.942. The van der Waals surface area contributed by atoms with Crippen LogP contribution in [0.2, 0.25) is 0 Å². The normalized spacial score (nSPS) is 27.4. The zero-order valence-electron chi connectivity index (χ0n) is 5.67. The van der Waals surface area contributed by atoms with Crippen LogP contribution in [-0.2, 0) is 9.63 Å². The van der Waals surface area contributed by atoms with E-state index in [-0.39, 0.29) is 5.92 Å². The first-order valence-electron chi connectivity index (χ1n) is 3.38. The van der Waals surface area contributed by atoms with Crippen LogP contribution in [-0.4, -0.2) is 24.2 Å². The second-order valence-electron chi connectivity index (χ2n) is 2.36. The Bertz CT molecular complexity index is 118. The lowest BCUT2D eigenvalue weighted by Crippen LogP contribution is -2.16. The summed E-state index contributed by atoms with van der Waals surface area (Å²) in [6, 6.07) is 0. The SMILES string of the molecule is O=C(O)C1CCNOCC1. The van der Waals surface area contributed by atoms with Gasteiger partial charge in [0.15, 0.2) is 0 Å². The van der Waals surface area contributed by atoms with Crippen molar-refractivity contribution in [3.63, 3.8) is 0 Å². The molecule has 1 heterocycles. The first-order valence-corrected chi connectivity index (χ1v) is 3.38. The second kappa shape index (κ2) is 3.53. The maximum absolute atomic E-state index is 10.4. The Kier molecular flexibility index (Phi) is 2.65. The van der Waals surface area contributed by atoms with Crippen molar-refractivity contribution in [1.82, 2.24) is 5.48 Å². The number of hydrogen-bond donors (Lipinski definition) is 2. The fraction of sp³-hybridized carbons (Fsp3) is 0.833. The Morgan fingerprint density at radius 3 is 3.10 bits per heavy atom. The number of carboxylic acid groups (broad SMARTS) is 1. The molecule has 1 rings (SSSR count). The maximum Gasteiger partial charge on any atom is 0.306 e. The van der Waals surface area contributed by atoms with E-state index in [0.29, 0.717) is 26.0 Å². The zero-order valence-corrected chi connectivity index (χ0v) is 5.67. The van der Waals surface area contributed by atoms with Crippen LogP contribution in [0.25, 0.3) is 0 Å². The minimum absolute atomic E-state index is 0.227. The highest BCUT2D eigenvalue weighted by Gasteiger charge is 2.18. The van der Waals surface area contributed by atoms with Crippen molar-refractivity contribution in [3.8, 4) is 0 Å². The van der Waals surface area contributed by atoms with Gasteiger partial charge in [0.2, 0.25) is 0 Å². The molecule has 0 bridgehead atoms. The molecule has 4 nitrogen and oxygen atoms in total. The van der Waals surface area contributed by atoms with Gasteiger partial charge in [-0.15, -0.1) is 0 Å². The quantitative estimate of drug-likeness (QED) is 0.545. The summed E-state index contributed by atoms with van der Waals surface area (Å²) < 4.78 is 0. The summed E-state index contributed by atoms with van der Waals surface area (Å²) in [4.78, 5) is 15.3. The van der Waals surface area contributed by atoms with E-state index in [1.165, 1.54) is 0 Å². The van der Waals surface area contributed by atoms with Crippen molar-refractivity contribution in [2.75, 3.05) is 13.2 Å². The number of aliphatic carboxylic acids is 1. The first-order chi connectivity index (χ1) is 4.80. The van der Waals surface area contributed by atoms with Crippen LogP contribution in [0.4, 0.5) is 0 Å². The molecule has 0 saturated carbocycles. The van der Waals surface area contributed by atoms with E-state index in [0.717, 1.165) is 0 Å². The summed E-state index contributed by atoms with van der Waals surface area (Å²) in [5.41, 5.74) is 2.67. The molecule has 1 aliphatic heterocycles. The molecule has 0 amide bonds. The van der Waals surface area contributed by atoms with Crippen molar-refractivity contribution in [2.24, 2.45) is 5.92 Å². The van der Waals surface area contributed by atoms with Crippen LogP contribution in [0, 0.1) is 5.92 Å². The van der Waals surface area contributed by atoms with Gasteiger partial charge in [-0.3, -0.25) is 4.79 Å². The number of rotatable bonds is 1. The smallest absolute Gasteiger partial charge is 0.306 e. The molecule has 1 atom stereocenters. The molecule has 0 radical (unpaired) electrons. The summed E-state index contributed by atoms with van der Waals surface area (Å²) in [6.07, 6.45) is 1.28. The molecular formula is C6H11NO3. The van der Waals surface area contributed by atoms with Gasteiger partial charge in [0.1, 0.15) is 0 Å². The fourth-order valence-electron chi connectivity index (χ4n) is 0.970. The number of hydroxylamine groups is 1. The Morgan fingerprint density at radius 1 is 1.60 bits per heavy atom. The second-order valence-corrected chi connectivity index (χ2v) is 2.36. The van der Waals surface area contributed by atoms with Gasteiger partial charge in [-0.05, 0) is 12.8 Å². The van der Waals surface area contributed by atoms with Gasteiger partial charge in [-0.25, -0.2) is 5.48 Å². The minimum atomic E-state index is -0.715. The molecule has 1 fully saturated rings. The highest BCUT2D eigenvalue weighted by Crippen LogP contribution is 2.10. The summed E-state index contributed by atoms with van der Waals surface area (Å²) >= 11 is 0. The number of hydrogen-bond acceptors (Lipinski definition) is 3. The Balaban J connectivity index is 2.35. The molecule has 4 heteroatoms. The van der Waals surface area contributed by atoms with Gasteiger partial charge in [-0.2, -0.15) is 0 Å². The summed E-state index contributed by atoms with van der Waals surface area (Å²) in [7, 11) is 0. The van der Waals surface area contributed by atoms with E-state index < -0.39 is 5.97 Å². The van der Waals surface area contributed by atoms with E-state index in [9.17, 15) is 4.79 Å². The molecule has 1 saturated heterocycles. The molecule has 0 aromatic rings. The predicted octanol–water partition coefficient (Wildman–Crippen LogP) is 0.00220. The average molecular weight is 145 g/mol. The van der Waals surface area contributed by atoms with Crippen molar-refractivity contribution < 1.29 is 14.7 Å². The van der Waals surface area contributed by atoms with Crippen molar-refractivity contribution >= 4 is 5.97 Å². The highest BCUT2D eigenvalue weighted by molar-refractivity contribution is 5.69. The van der Waals surface area contributed by atoms with Gasteiger partial charge < -0.3 is 9.94 Å². The highest BCUT2D eigenvalue weighted by atomic mass is 16.6. The Morgan fingerprint density at radius 2 is 2.40 bits per heavy atom. The topological polar surface area (TPSA) is 58.6 Å². The van der Waals surface area contributed by atoms with E-state index >= 15 is 0 Å². The number of carbonyl (C=O) groups is 1. The predicted molar refractivity (Wildman–Crippen MR) is 34.3 cm³/mol. The first kappa shape index (κ1) is 7.50. The third-order valence-electron chi connectivity index (χ3n) is 1.61. The molecule has 0 aromatic carbocycles. The molecule has 2 N–H and O–H groups in total. The van der Waals surface area contributed by atoms with Gasteiger partial charge in [0.05, 0.1) is 12.5 Å². The maximum atomic E-state index is 10.4. The van der Waals surface area contributed by atoms with E-state index in [1.807, 2.05) is 0 Å². The Labute approximate surface area is 59.1 Å². The third-order valence-corrected chi connectivity index (χ3v) is 1.61. The van der Waals surface area contributed by atoms with Crippen LogP contribution in [0.1, 0.15) is 12.8 Å². The van der Waals surface area contributed by atoms with E-state index in [2.05, 4.69) is 5.48 Å². The number of nitrogens with one attached hydrogen (secondary N) is 1. The van der Waals surface area contributed by atoms with Gasteiger partial charge in [-0.1, -0.05) is 0 Å². The van der Waals surface area contributed by atoms with Crippen molar-refractivity contribution in [1.29, 1.82) is 0 Å². The average Bonchev–Trinajstić information content (AvgIpc) is 2.12. The van der Waals surface area contributed by atoms with Crippen molar-refractivity contribution in [2.45, 2.75) is 12.8 Å². The Hall–Kier alpha value is -0.610. The molecule has 0 spiro atoms. The largest absolute Gasteiger partial charge is 0.481 e. The summed E-state index contributed by atoms with van der Waals surface area (Å²) in [5, 5.41) is 8.58. The van der Waals surface area contributed by atoms with Crippen LogP contribution in [0.5, 0.6) is 0 Å². The lowest BCUT2D eigenvalue weighted by Gasteiger charge is -2.04.